The highest BCUT2D eigenvalue weighted by atomic mass is 35.5. The third-order valence-electron chi connectivity index (χ3n) is 4.34. The number of anilines is 2. The molecule has 0 aliphatic heterocycles. The molecule has 0 bridgehead atoms. The molecule has 0 aliphatic rings. The molecule has 3 aromatic rings. The lowest BCUT2D eigenvalue weighted by atomic mass is 10.1. The summed E-state index contributed by atoms with van der Waals surface area (Å²) in [4.78, 5) is 12.2. The Morgan fingerprint density at radius 2 is 1.83 bits per heavy atom. The lowest BCUT2D eigenvalue weighted by molar-refractivity contribution is -0.118. The predicted molar refractivity (Wildman–Crippen MR) is 120 cm³/mol. The van der Waals surface area contributed by atoms with Crippen LogP contribution in [0.5, 0.6) is 5.75 Å². The Labute approximate surface area is 180 Å². The highest BCUT2D eigenvalue weighted by Gasteiger charge is 2.09. The van der Waals surface area contributed by atoms with Gasteiger partial charge in [-0.25, -0.2) is 0 Å². The van der Waals surface area contributed by atoms with Crippen LogP contribution in [-0.2, 0) is 11.3 Å². The zero-order valence-corrected chi connectivity index (χ0v) is 17.8. The summed E-state index contributed by atoms with van der Waals surface area (Å²) in [5, 5.41) is 7.29. The van der Waals surface area contributed by atoms with Crippen molar-refractivity contribution in [2.24, 2.45) is 0 Å². The first kappa shape index (κ1) is 21.0. The fourth-order valence-electron chi connectivity index (χ4n) is 2.77. The molecule has 0 spiro atoms. The van der Waals surface area contributed by atoms with Gasteiger partial charge in [0.1, 0.15) is 5.75 Å². The van der Waals surface area contributed by atoms with Crippen molar-refractivity contribution in [2.75, 3.05) is 17.2 Å². The first-order valence-corrected chi connectivity index (χ1v) is 9.94. The third kappa shape index (κ3) is 6.14. The van der Waals surface area contributed by atoms with Gasteiger partial charge in [0.15, 0.2) is 6.61 Å². The zero-order chi connectivity index (χ0) is 20.8. The van der Waals surface area contributed by atoms with E-state index in [9.17, 15) is 4.79 Å². The molecule has 0 aliphatic carbocycles. The summed E-state index contributed by atoms with van der Waals surface area (Å²) in [6.45, 7) is 4.40. The maximum atomic E-state index is 12.2. The summed E-state index contributed by atoms with van der Waals surface area (Å²) < 4.78 is 5.59. The number of amides is 1. The monoisotopic (exact) mass is 428 g/mol. The second-order valence-electron chi connectivity index (χ2n) is 6.78. The minimum absolute atomic E-state index is 0.118. The van der Waals surface area contributed by atoms with Gasteiger partial charge in [0.25, 0.3) is 5.91 Å². The number of aryl methyl sites for hydroxylation is 2. The van der Waals surface area contributed by atoms with Crippen LogP contribution in [0.2, 0.25) is 10.0 Å². The Kier molecular flexibility index (Phi) is 7.02. The van der Waals surface area contributed by atoms with E-state index in [4.69, 9.17) is 27.9 Å². The van der Waals surface area contributed by atoms with Crippen molar-refractivity contribution in [3.8, 4) is 5.75 Å². The highest BCUT2D eigenvalue weighted by Crippen LogP contribution is 2.26. The van der Waals surface area contributed by atoms with Crippen molar-refractivity contribution in [3.63, 3.8) is 0 Å². The van der Waals surface area contributed by atoms with Crippen LogP contribution in [0.4, 0.5) is 11.4 Å². The molecule has 6 heteroatoms. The SMILES string of the molecule is Cc1ccc(C)c(NC(=O)COc2ccc(CNc3cccc(Cl)c3)cc2Cl)c1. The molecule has 3 aromatic carbocycles. The van der Waals surface area contributed by atoms with Crippen LogP contribution in [-0.4, -0.2) is 12.5 Å². The summed E-state index contributed by atoms with van der Waals surface area (Å²) >= 11 is 12.3. The second kappa shape index (κ2) is 9.68. The molecule has 0 aromatic heterocycles. The van der Waals surface area contributed by atoms with E-state index in [-0.39, 0.29) is 12.5 Å². The minimum Gasteiger partial charge on any atom is -0.482 e. The average Bonchev–Trinajstić information content (AvgIpc) is 2.68. The molecule has 0 saturated carbocycles. The van der Waals surface area contributed by atoms with E-state index in [2.05, 4.69) is 10.6 Å². The summed E-state index contributed by atoms with van der Waals surface area (Å²) in [6, 6.07) is 18.9. The van der Waals surface area contributed by atoms with E-state index in [1.54, 1.807) is 6.07 Å². The standard InChI is InChI=1S/C23H22Cl2N2O2/c1-15-6-7-16(2)21(10-15)27-23(28)14-29-22-9-8-17(11-20(22)25)13-26-19-5-3-4-18(24)12-19/h3-12,26H,13-14H2,1-2H3,(H,27,28). The fourth-order valence-corrected chi connectivity index (χ4v) is 3.22. The lowest BCUT2D eigenvalue weighted by Gasteiger charge is -2.12. The van der Waals surface area contributed by atoms with Gasteiger partial charge in [-0.15, -0.1) is 0 Å². The smallest absolute Gasteiger partial charge is 0.262 e. The largest absolute Gasteiger partial charge is 0.482 e. The van der Waals surface area contributed by atoms with E-state index in [1.807, 2.05) is 68.4 Å². The van der Waals surface area contributed by atoms with Crippen LogP contribution in [0.15, 0.2) is 60.7 Å². The Morgan fingerprint density at radius 3 is 2.59 bits per heavy atom. The van der Waals surface area contributed by atoms with Crippen LogP contribution in [0.1, 0.15) is 16.7 Å². The fraction of sp³-hybridized carbons (Fsp3) is 0.174. The quantitative estimate of drug-likeness (QED) is 0.468. The average molecular weight is 429 g/mol. The maximum absolute atomic E-state index is 12.2. The molecule has 4 nitrogen and oxygen atoms in total. The van der Waals surface area contributed by atoms with Gasteiger partial charge in [-0.1, -0.05) is 47.5 Å². The summed E-state index contributed by atoms with van der Waals surface area (Å²) in [6.07, 6.45) is 0. The minimum atomic E-state index is -0.235. The number of nitrogens with one attached hydrogen (secondary N) is 2. The summed E-state index contributed by atoms with van der Waals surface area (Å²) in [5.74, 6) is 0.232. The highest BCUT2D eigenvalue weighted by molar-refractivity contribution is 6.32. The van der Waals surface area contributed by atoms with E-state index in [1.165, 1.54) is 0 Å². The van der Waals surface area contributed by atoms with Gasteiger partial charge in [-0.05, 0) is 66.9 Å². The lowest BCUT2D eigenvalue weighted by Crippen LogP contribution is -2.20. The van der Waals surface area contributed by atoms with E-state index in [0.717, 1.165) is 28.1 Å². The number of hydrogen-bond acceptors (Lipinski definition) is 3. The topological polar surface area (TPSA) is 50.4 Å². The molecule has 3 rings (SSSR count). The van der Waals surface area contributed by atoms with Gasteiger partial charge in [-0.3, -0.25) is 4.79 Å². The van der Waals surface area contributed by atoms with Gasteiger partial charge in [0.05, 0.1) is 5.02 Å². The Morgan fingerprint density at radius 1 is 1.00 bits per heavy atom. The van der Waals surface area contributed by atoms with Crippen molar-refractivity contribution in [3.05, 3.63) is 87.4 Å². The van der Waals surface area contributed by atoms with Crippen LogP contribution in [0.3, 0.4) is 0 Å². The van der Waals surface area contributed by atoms with Gasteiger partial charge >= 0.3 is 0 Å². The molecule has 0 heterocycles. The van der Waals surface area contributed by atoms with Crippen molar-refractivity contribution >= 4 is 40.5 Å². The van der Waals surface area contributed by atoms with Crippen molar-refractivity contribution in [1.29, 1.82) is 0 Å². The number of carbonyl (C=O) groups is 1. The first-order chi connectivity index (χ1) is 13.9. The molecule has 0 unspecified atom stereocenters. The van der Waals surface area contributed by atoms with Crippen LogP contribution >= 0.6 is 23.2 Å². The molecule has 0 fully saturated rings. The Balaban J connectivity index is 1.54. The second-order valence-corrected chi connectivity index (χ2v) is 7.63. The number of carbonyl (C=O) groups excluding carboxylic acids is 1. The third-order valence-corrected chi connectivity index (χ3v) is 4.87. The van der Waals surface area contributed by atoms with Crippen molar-refractivity contribution in [1.82, 2.24) is 0 Å². The molecular weight excluding hydrogens is 407 g/mol. The van der Waals surface area contributed by atoms with Gasteiger partial charge in [0, 0.05) is 22.9 Å². The molecule has 2 N–H and O–H groups in total. The molecule has 0 radical (unpaired) electrons. The van der Waals surface area contributed by atoms with Crippen molar-refractivity contribution < 1.29 is 9.53 Å². The van der Waals surface area contributed by atoms with Gasteiger partial charge in [0.2, 0.25) is 0 Å². The number of ether oxygens (including phenoxy) is 1. The zero-order valence-electron chi connectivity index (χ0n) is 16.3. The molecule has 1 amide bonds. The van der Waals surface area contributed by atoms with E-state index in [0.29, 0.717) is 22.3 Å². The number of benzene rings is 3. The Bertz CT molecular complexity index is 1020. The molecule has 0 atom stereocenters. The summed E-state index contributed by atoms with van der Waals surface area (Å²) in [7, 11) is 0. The van der Waals surface area contributed by atoms with E-state index < -0.39 is 0 Å². The van der Waals surface area contributed by atoms with Crippen molar-refractivity contribution in [2.45, 2.75) is 20.4 Å². The van der Waals surface area contributed by atoms with Crippen LogP contribution in [0.25, 0.3) is 0 Å². The molecule has 0 saturated heterocycles. The molecular formula is C23H22Cl2N2O2. The first-order valence-electron chi connectivity index (χ1n) is 9.18. The van der Waals surface area contributed by atoms with Crippen LogP contribution in [0, 0.1) is 13.8 Å². The predicted octanol–water partition coefficient (Wildman–Crippen LogP) is 6.24. The maximum Gasteiger partial charge on any atom is 0.262 e. The summed E-state index contributed by atoms with van der Waals surface area (Å²) in [5.41, 5.74) is 4.78. The number of halogens is 2. The number of rotatable bonds is 7. The molecule has 29 heavy (non-hydrogen) atoms. The van der Waals surface area contributed by atoms with Crippen LogP contribution < -0.4 is 15.4 Å². The van der Waals surface area contributed by atoms with Gasteiger partial charge in [-0.2, -0.15) is 0 Å². The normalized spacial score (nSPS) is 10.5. The number of hydrogen-bond donors (Lipinski definition) is 2. The van der Waals surface area contributed by atoms with E-state index >= 15 is 0 Å². The Hall–Kier alpha value is -2.69. The van der Waals surface area contributed by atoms with Gasteiger partial charge < -0.3 is 15.4 Å². The molecule has 150 valence electrons.